The summed E-state index contributed by atoms with van der Waals surface area (Å²) in [6, 6.07) is 5.38. The number of carbonyl (C=O) groups is 1. The van der Waals surface area contributed by atoms with Crippen molar-refractivity contribution in [3.8, 4) is 11.4 Å². The van der Waals surface area contributed by atoms with Crippen LogP contribution in [0.2, 0.25) is 0 Å². The van der Waals surface area contributed by atoms with Gasteiger partial charge in [0.15, 0.2) is 0 Å². The Hall–Kier alpha value is -2.30. The van der Waals surface area contributed by atoms with Gasteiger partial charge in [0.2, 0.25) is 11.1 Å². The van der Waals surface area contributed by atoms with E-state index in [1.807, 2.05) is 0 Å². The average Bonchev–Trinajstić information content (AvgIpc) is 3.10. The number of ether oxygens (including phenoxy) is 1. The summed E-state index contributed by atoms with van der Waals surface area (Å²) in [4.78, 5) is 12.2. The maximum atomic E-state index is 12.2. The Morgan fingerprint density at radius 2 is 1.93 bits per heavy atom. The largest absolute Gasteiger partial charge is 0.573 e. The van der Waals surface area contributed by atoms with Crippen LogP contribution in [0.1, 0.15) is 32.6 Å². The molecule has 1 aliphatic rings. The van der Waals surface area contributed by atoms with Crippen LogP contribution >= 0.6 is 11.8 Å². The van der Waals surface area contributed by atoms with Crippen LogP contribution in [-0.4, -0.2) is 44.3 Å². The molecule has 0 radical (unpaired) electrons. The van der Waals surface area contributed by atoms with E-state index in [-0.39, 0.29) is 23.5 Å². The number of hydrogen-bond acceptors (Lipinski definition) is 6. The van der Waals surface area contributed by atoms with E-state index in [0.29, 0.717) is 16.8 Å². The highest BCUT2D eigenvalue weighted by atomic mass is 32.2. The number of carbonyl (C=O) groups excluding carboxylic acids is 1. The van der Waals surface area contributed by atoms with Crippen LogP contribution in [-0.2, 0) is 4.79 Å². The van der Waals surface area contributed by atoms with Crippen molar-refractivity contribution in [2.75, 3.05) is 5.75 Å². The van der Waals surface area contributed by atoms with Crippen molar-refractivity contribution in [2.24, 2.45) is 5.92 Å². The van der Waals surface area contributed by atoms with E-state index in [1.54, 1.807) is 0 Å². The average molecular weight is 415 g/mol. The van der Waals surface area contributed by atoms with Gasteiger partial charge in [0.05, 0.1) is 11.4 Å². The number of halogens is 3. The van der Waals surface area contributed by atoms with Crippen LogP contribution in [0.4, 0.5) is 13.2 Å². The molecule has 0 unspecified atom stereocenters. The predicted molar refractivity (Wildman–Crippen MR) is 96.1 cm³/mol. The Balaban J connectivity index is 1.55. The fraction of sp³-hybridized carbons (Fsp3) is 0.529. The molecule has 1 N–H and O–H groups in total. The third kappa shape index (κ3) is 5.85. The molecule has 1 heterocycles. The summed E-state index contributed by atoms with van der Waals surface area (Å²) in [5, 5.41) is 14.7. The quantitative estimate of drug-likeness (QED) is 0.729. The van der Waals surface area contributed by atoms with Crippen LogP contribution < -0.4 is 10.1 Å². The highest BCUT2D eigenvalue weighted by Crippen LogP contribution is 2.26. The molecule has 1 aromatic heterocycles. The SMILES string of the molecule is CC1CCC(NC(=O)CSc2nnnn2-c2ccc(OC(F)(F)F)cc2)CC1. The van der Waals surface area contributed by atoms with Crippen molar-refractivity contribution in [3.05, 3.63) is 24.3 Å². The number of nitrogens with one attached hydrogen (secondary N) is 1. The van der Waals surface area contributed by atoms with Gasteiger partial charge in [-0.25, -0.2) is 0 Å². The molecule has 0 aliphatic heterocycles. The highest BCUT2D eigenvalue weighted by molar-refractivity contribution is 7.99. The van der Waals surface area contributed by atoms with E-state index >= 15 is 0 Å². The summed E-state index contributed by atoms with van der Waals surface area (Å²) in [5.41, 5.74) is 0.462. The lowest BCUT2D eigenvalue weighted by Gasteiger charge is -2.26. The molecule has 28 heavy (non-hydrogen) atoms. The molecule has 11 heteroatoms. The standard InChI is InChI=1S/C17H20F3N5O2S/c1-11-2-4-12(5-3-11)21-15(26)10-28-16-22-23-24-25(16)13-6-8-14(9-7-13)27-17(18,19)20/h6-9,11-12H,2-5,10H2,1H3,(H,21,26). The predicted octanol–water partition coefficient (Wildman–Crippen LogP) is 3.35. The molecule has 0 atom stereocenters. The monoisotopic (exact) mass is 415 g/mol. The molecule has 1 saturated carbocycles. The van der Waals surface area contributed by atoms with Gasteiger partial charge in [0.25, 0.3) is 0 Å². The summed E-state index contributed by atoms with van der Waals surface area (Å²) in [5.74, 6) is 0.439. The molecule has 1 amide bonds. The van der Waals surface area contributed by atoms with Gasteiger partial charge in [-0.15, -0.1) is 18.3 Å². The van der Waals surface area contributed by atoms with E-state index in [0.717, 1.165) is 37.4 Å². The van der Waals surface area contributed by atoms with Gasteiger partial charge in [0, 0.05) is 6.04 Å². The molecule has 0 saturated heterocycles. The fourth-order valence-electron chi connectivity index (χ4n) is 3.02. The Morgan fingerprint density at radius 3 is 2.57 bits per heavy atom. The Kier molecular flexibility index (Phi) is 6.42. The number of alkyl halides is 3. The Morgan fingerprint density at radius 1 is 1.25 bits per heavy atom. The van der Waals surface area contributed by atoms with E-state index in [2.05, 4.69) is 32.5 Å². The lowest BCUT2D eigenvalue weighted by Crippen LogP contribution is -2.38. The van der Waals surface area contributed by atoms with Crippen LogP contribution in [0.3, 0.4) is 0 Å². The molecule has 1 aliphatic carbocycles. The Labute approximate surface area is 164 Å². The molecule has 152 valence electrons. The van der Waals surface area contributed by atoms with E-state index in [1.165, 1.54) is 28.9 Å². The van der Waals surface area contributed by atoms with Crippen molar-refractivity contribution < 1.29 is 22.7 Å². The summed E-state index contributed by atoms with van der Waals surface area (Å²) < 4.78 is 41.9. The van der Waals surface area contributed by atoms with E-state index < -0.39 is 6.36 Å². The molecular formula is C17H20F3N5O2S. The van der Waals surface area contributed by atoms with Crippen LogP contribution in [0, 0.1) is 5.92 Å². The van der Waals surface area contributed by atoms with Crippen LogP contribution in [0.25, 0.3) is 5.69 Å². The van der Waals surface area contributed by atoms with Crippen molar-refractivity contribution in [1.82, 2.24) is 25.5 Å². The highest BCUT2D eigenvalue weighted by Gasteiger charge is 2.31. The number of benzene rings is 1. The van der Waals surface area contributed by atoms with Gasteiger partial charge in [-0.05, 0) is 66.3 Å². The zero-order chi connectivity index (χ0) is 20.1. The fourth-order valence-corrected chi connectivity index (χ4v) is 3.73. The molecule has 7 nitrogen and oxygen atoms in total. The summed E-state index contributed by atoms with van der Waals surface area (Å²) in [7, 11) is 0. The number of aromatic nitrogens is 4. The number of amides is 1. The zero-order valence-corrected chi connectivity index (χ0v) is 16.0. The lowest BCUT2D eigenvalue weighted by atomic mass is 9.87. The zero-order valence-electron chi connectivity index (χ0n) is 15.1. The van der Waals surface area contributed by atoms with Crippen molar-refractivity contribution >= 4 is 17.7 Å². The first kappa shape index (κ1) is 20.4. The molecule has 1 aromatic carbocycles. The summed E-state index contributed by atoms with van der Waals surface area (Å²) >= 11 is 1.16. The topological polar surface area (TPSA) is 81.9 Å². The maximum absolute atomic E-state index is 12.2. The summed E-state index contributed by atoms with van der Waals surface area (Å²) in [6.45, 7) is 2.22. The Bertz CT molecular complexity index is 789. The second kappa shape index (κ2) is 8.80. The van der Waals surface area contributed by atoms with Crippen LogP contribution in [0.15, 0.2) is 29.4 Å². The first-order valence-electron chi connectivity index (χ1n) is 8.87. The number of tetrazole rings is 1. The molecule has 1 fully saturated rings. The van der Waals surface area contributed by atoms with Gasteiger partial charge in [-0.1, -0.05) is 18.7 Å². The molecule has 3 rings (SSSR count). The molecule has 2 aromatic rings. The normalized spacial score (nSPS) is 20.0. The lowest BCUT2D eigenvalue weighted by molar-refractivity contribution is -0.274. The van der Waals surface area contributed by atoms with Gasteiger partial charge >= 0.3 is 6.36 Å². The summed E-state index contributed by atoms with van der Waals surface area (Å²) in [6.07, 6.45) is -0.543. The first-order chi connectivity index (χ1) is 13.3. The number of rotatable bonds is 6. The van der Waals surface area contributed by atoms with Gasteiger partial charge in [0.1, 0.15) is 5.75 Å². The number of hydrogen-bond donors (Lipinski definition) is 1. The minimum absolute atomic E-state index is 0.0898. The second-order valence-electron chi connectivity index (χ2n) is 6.73. The molecule has 0 bridgehead atoms. The van der Waals surface area contributed by atoms with E-state index in [4.69, 9.17) is 0 Å². The van der Waals surface area contributed by atoms with Gasteiger partial charge in [-0.2, -0.15) is 4.68 Å². The molecular weight excluding hydrogens is 395 g/mol. The maximum Gasteiger partial charge on any atom is 0.573 e. The minimum Gasteiger partial charge on any atom is -0.406 e. The smallest absolute Gasteiger partial charge is 0.406 e. The third-order valence-electron chi connectivity index (χ3n) is 4.47. The number of thioether (sulfide) groups is 1. The van der Waals surface area contributed by atoms with E-state index in [9.17, 15) is 18.0 Å². The minimum atomic E-state index is -4.75. The number of nitrogens with zero attached hydrogens (tertiary/aromatic N) is 4. The molecule has 0 spiro atoms. The van der Waals surface area contributed by atoms with Crippen molar-refractivity contribution in [2.45, 2.75) is 50.2 Å². The second-order valence-corrected chi connectivity index (χ2v) is 7.67. The first-order valence-corrected chi connectivity index (χ1v) is 9.85. The van der Waals surface area contributed by atoms with Crippen molar-refractivity contribution in [1.29, 1.82) is 0 Å². The van der Waals surface area contributed by atoms with Gasteiger partial charge < -0.3 is 10.1 Å². The van der Waals surface area contributed by atoms with Gasteiger partial charge in [-0.3, -0.25) is 4.79 Å². The third-order valence-corrected chi connectivity index (χ3v) is 5.39. The van der Waals surface area contributed by atoms with Crippen molar-refractivity contribution in [3.63, 3.8) is 0 Å². The van der Waals surface area contributed by atoms with Crippen LogP contribution in [0.5, 0.6) is 5.75 Å².